The van der Waals surface area contributed by atoms with Crippen molar-refractivity contribution in [2.45, 2.75) is 6.54 Å². The van der Waals surface area contributed by atoms with E-state index in [9.17, 15) is 14.9 Å². The van der Waals surface area contributed by atoms with Crippen LogP contribution in [0.1, 0.15) is 20.1 Å². The molecule has 1 amide bonds. The topological polar surface area (TPSA) is 92.5 Å². The van der Waals surface area contributed by atoms with Gasteiger partial charge >= 0.3 is 5.00 Å². The lowest BCUT2D eigenvalue weighted by Crippen LogP contribution is -2.21. The van der Waals surface area contributed by atoms with Crippen molar-refractivity contribution in [2.24, 2.45) is 0 Å². The van der Waals surface area contributed by atoms with E-state index in [0.29, 0.717) is 4.88 Å². The van der Waals surface area contributed by atoms with Crippen molar-refractivity contribution in [1.82, 2.24) is 5.32 Å². The summed E-state index contributed by atoms with van der Waals surface area (Å²) < 4.78 is 0. The minimum Gasteiger partial charge on any atom is -0.384 e. The second-order valence-corrected chi connectivity index (χ2v) is 5.86. The van der Waals surface area contributed by atoms with E-state index in [4.69, 9.17) is 5.11 Å². The van der Waals surface area contributed by atoms with Gasteiger partial charge in [-0.3, -0.25) is 14.9 Å². The van der Waals surface area contributed by atoms with E-state index < -0.39 is 4.92 Å². The molecule has 0 atom stereocenters. The number of nitrogens with zero attached hydrogens (tertiary/aromatic N) is 1. The summed E-state index contributed by atoms with van der Waals surface area (Å²) in [6, 6.07) is 4.55. The van der Waals surface area contributed by atoms with Crippen LogP contribution in [0.25, 0.3) is 0 Å². The lowest BCUT2D eigenvalue weighted by Gasteiger charge is -2.01. The Bertz CT molecular complexity index is 724. The lowest BCUT2D eigenvalue weighted by molar-refractivity contribution is -0.380. The first-order valence-electron chi connectivity index (χ1n) is 5.80. The fraction of sp³-hybridized carbons (Fsp3) is 0.154. The molecule has 0 spiro atoms. The first kappa shape index (κ1) is 15.2. The SMILES string of the molecule is O=C(NCc1sccc1C#CCO)c1ccc([N+](=O)[O-])s1. The van der Waals surface area contributed by atoms with E-state index in [-0.39, 0.29) is 24.1 Å². The first-order chi connectivity index (χ1) is 10.1. The normalized spacial score (nSPS) is 9.76. The lowest BCUT2D eigenvalue weighted by atomic mass is 10.2. The fourth-order valence-corrected chi connectivity index (χ4v) is 3.03. The van der Waals surface area contributed by atoms with Gasteiger partial charge in [-0.25, -0.2) is 0 Å². The fourth-order valence-electron chi connectivity index (χ4n) is 1.52. The van der Waals surface area contributed by atoms with Crippen molar-refractivity contribution in [2.75, 3.05) is 6.61 Å². The number of carbonyl (C=O) groups is 1. The van der Waals surface area contributed by atoms with E-state index in [2.05, 4.69) is 17.2 Å². The Hall–Kier alpha value is -2.21. The number of aliphatic hydroxyl groups excluding tert-OH is 1. The summed E-state index contributed by atoms with van der Waals surface area (Å²) in [5.74, 6) is 4.99. The van der Waals surface area contributed by atoms with Crippen molar-refractivity contribution in [3.8, 4) is 11.8 Å². The van der Waals surface area contributed by atoms with Crippen LogP contribution < -0.4 is 5.32 Å². The van der Waals surface area contributed by atoms with Crippen molar-refractivity contribution in [3.05, 3.63) is 49.0 Å². The molecular formula is C13H10N2O4S2. The summed E-state index contributed by atoms with van der Waals surface area (Å²) in [5.41, 5.74) is 0.756. The van der Waals surface area contributed by atoms with Crippen LogP contribution in [0, 0.1) is 22.0 Å². The van der Waals surface area contributed by atoms with E-state index in [1.165, 1.54) is 23.5 Å². The Balaban J connectivity index is 2.01. The molecule has 0 aliphatic carbocycles. The van der Waals surface area contributed by atoms with Crippen LogP contribution in [0.3, 0.4) is 0 Å². The summed E-state index contributed by atoms with van der Waals surface area (Å²) >= 11 is 2.28. The predicted octanol–water partition coefficient (Wildman–Crippen LogP) is 1.99. The molecule has 108 valence electrons. The molecule has 0 unspecified atom stereocenters. The number of nitro groups is 1. The molecule has 2 N–H and O–H groups in total. The van der Waals surface area contributed by atoms with Gasteiger partial charge in [0, 0.05) is 16.5 Å². The minimum absolute atomic E-state index is 0.0641. The highest BCUT2D eigenvalue weighted by Gasteiger charge is 2.15. The predicted molar refractivity (Wildman–Crippen MR) is 80.4 cm³/mol. The van der Waals surface area contributed by atoms with Crippen molar-refractivity contribution < 1.29 is 14.8 Å². The van der Waals surface area contributed by atoms with Crippen LogP contribution in [-0.4, -0.2) is 22.5 Å². The molecule has 0 fully saturated rings. The number of hydrogen-bond donors (Lipinski definition) is 2. The largest absolute Gasteiger partial charge is 0.384 e. The van der Waals surface area contributed by atoms with Gasteiger partial charge in [-0.1, -0.05) is 23.2 Å². The summed E-state index contributed by atoms with van der Waals surface area (Å²) in [6.07, 6.45) is 0. The van der Waals surface area contributed by atoms with Crippen molar-refractivity contribution in [1.29, 1.82) is 0 Å². The van der Waals surface area contributed by atoms with Crippen LogP contribution in [0.4, 0.5) is 5.00 Å². The maximum Gasteiger partial charge on any atom is 0.324 e. The van der Waals surface area contributed by atoms with Gasteiger partial charge in [0.25, 0.3) is 5.91 Å². The molecule has 2 rings (SSSR count). The van der Waals surface area contributed by atoms with Gasteiger partial charge in [-0.15, -0.1) is 11.3 Å². The Labute approximate surface area is 128 Å². The van der Waals surface area contributed by atoms with Crippen LogP contribution >= 0.6 is 22.7 Å². The molecule has 0 aromatic carbocycles. The van der Waals surface area contributed by atoms with Gasteiger partial charge < -0.3 is 10.4 Å². The molecule has 21 heavy (non-hydrogen) atoms. The van der Waals surface area contributed by atoms with Crippen LogP contribution in [0.5, 0.6) is 0 Å². The average molecular weight is 322 g/mol. The molecular weight excluding hydrogens is 312 g/mol. The second kappa shape index (κ2) is 6.99. The minimum atomic E-state index is -0.525. The number of thiophene rings is 2. The maximum absolute atomic E-state index is 11.9. The average Bonchev–Trinajstić information content (AvgIpc) is 3.11. The van der Waals surface area contributed by atoms with Gasteiger partial charge in [0.1, 0.15) is 6.61 Å². The molecule has 0 aliphatic rings. The molecule has 2 aromatic rings. The molecule has 0 saturated carbocycles. The van der Waals surface area contributed by atoms with E-state index >= 15 is 0 Å². The first-order valence-corrected chi connectivity index (χ1v) is 7.50. The molecule has 2 heterocycles. The van der Waals surface area contributed by atoms with Crippen LogP contribution in [0.15, 0.2) is 23.6 Å². The molecule has 8 heteroatoms. The highest BCUT2D eigenvalue weighted by Crippen LogP contribution is 2.24. The number of carbonyl (C=O) groups excluding carboxylic acids is 1. The monoisotopic (exact) mass is 322 g/mol. The number of nitrogens with one attached hydrogen (secondary N) is 1. The third-order valence-corrected chi connectivity index (χ3v) is 4.41. The summed E-state index contributed by atoms with van der Waals surface area (Å²) in [4.78, 5) is 23.1. The number of rotatable bonds is 4. The number of amides is 1. The van der Waals surface area contributed by atoms with Crippen LogP contribution in [-0.2, 0) is 6.54 Å². The Morgan fingerprint density at radius 2 is 2.24 bits per heavy atom. The van der Waals surface area contributed by atoms with Crippen LogP contribution in [0.2, 0.25) is 0 Å². The Morgan fingerprint density at radius 1 is 1.43 bits per heavy atom. The quantitative estimate of drug-likeness (QED) is 0.511. The highest BCUT2D eigenvalue weighted by atomic mass is 32.1. The zero-order chi connectivity index (χ0) is 15.2. The van der Waals surface area contributed by atoms with Gasteiger partial charge in [0.15, 0.2) is 0 Å². The molecule has 2 aromatic heterocycles. The smallest absolute Gasteiger partial charge is 0.324 e. The molecule has 0 bridgehead atoms. The Kier molecular flexibility index (Phi) is 5.05. The summed E-state index contributed by atoms with van der Waals surface area (Å²) in [7, 11) is 0. The standard InChI is InChI=1S/C13H10N2O4S2/c16-6-1-2-9-5-7-20-11(9)8-14-13(17)10-3-4-12(21-10)15(18)19/h3-5,7,16H,6,8H2,(H,14,17). The van der Waals surface area contributed by atoms with E-state index in [0.717, 1.165) is 21.8 Å². The Morgan fingerprint density at radius 3 is 2.90 bits per heavy atom. The number of hydrogen-bond acceptors (Lipinski definition) is 6. The van der Waals surface area contributed by atoms with Crippen molar-refractivity contribution in [3.63, 3.8) is 0 Å². The third kappa shape index (κ3) is 3.88. The van der Waals surface area contributed by atoms with Gasteiger partial charge in [0.05, 0.1) is 16.3 Å². The summed E-state index contributed by atoms with van der Waals surface area (Å²) in [5, 5.41) is 23.7. The van der Waals surface area contributed by atoms with Gasteiger partial charge in [-0.05, 0) is 17.5 Å². The molecule has 0 saturated heterocycles. The number of aliphatic hydroxyl groups is 1. The van der Waals surface area contributed by atoms with Gasteiger partial charge in [-0.2, -0.15) is 0 Å². The summed E-state index contributed by atoms with van der Waals surface area (Å²) in [6.45, 7) is 0.0676. The molecule has 6 nitrogen and oxygen atoms in total. The van der Waals surface area contributed by atoms with E-state index in [1.54, 1.807) is 0 Å². The van der Waals surface area contributed by atoms with Gasteiger partial charge in [0.2, 0.25) is 0 Å². The zero-order valence-electron chi connectivity index (χ0n) is 10.7. The van der Waals surface area contributed by atoms with E-state index in [1.807, 2.05) is 11.4 Å². The molecule has 0 radical (unpaired) electrons. The third-order valence-electron chi connectivity index (χ3n) is 2.45. The second-order valence-electron chi connectivity index (χ2n) is 3.80. The highest BCUT2D eigenvalue weighted by molar-refractivity contribution is 7.17. The molecule has 0 aliphatic heterocycles. The van der Waals surface area contributed by atoms with Crippen molar-refractivity contribution >= 4 is 33.6 Å². The maximum atomic E-state index is 11.9. The zero-order valence-corrected chi connectivity index (χ0v) is 12.3.